The van der Waals surface area contributed by atoms with Crippen molar-refractivity contribution in [2.45, 2.75) is 83.6 Å². The molecule has 0 spiro atoms. The van der Waals surface area contributed by atoms with Gasteiger partial charge in [-0.15, -0.1) is 0 Å². The minimum absolute atomic E-state index is 0.0848. The molecular formula is C32H47N5O6. The van der Waals surface area contributed by atoms with Crippen LogP contribution in [0, 0.1) is 11.8 Å². The molecular weight excluding hydrogens is 550 g/mol. The van der Waals surface area contributed by atoms with E-state index in [1.165, 1.54) is 0 Å². The Morgan fingerprint density at radius 2 is 1.91 bits per heavy atom. The second-order valence-electron chi connectivity index (χ2n) is 12.4. The summed E-state index contributed by atoms with van der Waals surface area (Å²) in [4.78, 5) is 60.3. The van der Waals surface area contributed by atoms with Gasteiger partial charge in [0.1, 0.15) is 35.7 Å². The fourth-order valence-electron chi connectivity index (χ4n) is 6.46. The Kier molecular flexibility index (Phi) is 10.4. The number of hydrogen-bond acceptors (Lipinski definition) is 7. The number of nitrogens with one attached hydrogen (secondary N) is 2. The van der Waals surface area contributed by atoms with Crippen LogP contribution in [-0.4, -0.2) is 103 Å². The van der Waals surface area contributed by atoms with Gasteiger partial charge in [-0.1, -0.05) is 34.1 Å². The third kappa shape index (κ3) is 6.82. The Bertz CT molecular complexity index is 1230. The number of likely N-dealkylation sites (N-methyl/N-ethyl adjacent to an activating group) is 1. The van der Waals surface area contributed by atoms with Crippen molar-refractivity contribution in [3.8, 4) is 11.5 Å². The van der Waals surface area contributed by atoms with Gasteiger partial charge in [0.2, 0.25) is 23.6 Å². The van der Waals surface area contributed by atoms with Gasteiger partial charge in [0.15, 0.2) is 0 Å². The van der Waals surface area contributed by atoms with E-state index >= 15 is 0 Å². The molecule has 4 amide bonds. The predicted molar refractivity (Wildman–Crippen MR) is 163 cm³/mol. The second kappa shape index (κ2) is 13.8. The molecule has 2 fully saturated rings. The molecule has 43 heavy (non-hydrogen) atoms. The SMILES string of the molecule is CC[C@H](C)[C@H](C(=O)N[C@H](C(=O)N1CC[C@@H]2Oc3ccc(OC)c(c3)/C=C\NC(=O)[C@@H]3CCCN3C(=O)[C@H]21)C(C)C)N(C)C. The average molecular weight is 598 g/mol. The van der Waals surface area contributed by atoms with Crippen molar-refractivity contribution in [2.24, 2.45) is 11.8 Å². The van der Waals surface area contributed by atoms with Crippen molar-refractivity contribution in [3.05, 3.63) is 30.0 Å². The molecule has 0 radical (unpaired) electrons. The molecule has 0 aromatic heterocycles. The van der Waals surface area contributed by atoms with E-state index in [2.05, 4.69) is 10.6 Å². The van der Waals surface area contributed by atoms with Gasteiger partial charge in [-0.3, -0.25) is 24.1 Å². The van der Waals surface area contributed by atoms with Crippen LogP contribution in [0.15, 0.2) is 24.4 Å². The molecule has 3 aliphatic heterocycles. The number of rotatable bonds is 8. The highest BCUT2D eigenvalue weighted by atomic mass is 16.5. The minimum atomic E-state index is -0.947. The summed E-state index contributed by atoms with van der Waals surface area (Å²) in [5, 5.41) is 5.84. The maximum absolute atomic E-state index is 14.3. The molecule has 3 aliphatic rings. The number of fused-ring (bicyclic) bond motifs is 4. The van der Waals surface area contributed by atoms with Crippen LogP contribution in [0.25, 0.3) is 6.08 Å². The third-order valence-corrected chi connectivity index (χ3v) is 8.93. The van der Waals surface area contributed by atoms with Crippen LogP contribution in [0.4, 0.5) is 0 Å². The van der Waals surface area contributed by atoms with Crippen molar-refractivity contribution in [1.29, 1.82) is 0 Å². The molecule has 2 N–H and O–H groups in total. The Hall–Kier alpha value is -3.60. The molecule has 0 saturated carbocycles. The molecule has 2 saturated heterocycles. The lowest BCUT2D eigenvalue weighted by Gasteiger charge is -2.36. The van der Waals surface area contributed by atoms with Crippen molar-refractivity contribution >= 4 is 29.7 Å². The summed E-state index contributed by atoms with van der Waals surface area (Å²) in [6.45, 7) is 8.54. The van der Waals surface area contributed by atoms with Crippen molar-refractivity contribution < 1.29 is 28.7 Å². The normalized spacial score (nSPS) is 24.9. The highest BCUT2D eigenvalue weighted by Crippen LogP contribution is 2.32. The molecule has 0 unspecified atom stereocenters. The second-order valence-corrected chi connectivity index (χ2v) is 12.4. The first-order valence-corrected chi connectivity index (χ1v) is 15.4. The lowest BCUT2D eigenvalue weighted by molar-refractivity contribution is -0.150. The highest BCUT2D eigenvalue weighted by Gasteiger charge is 2.49. The topological polar surface area (TPSA) is 121 Å². The lowest BCUT2D eigenvalue weighted by Crippen LogP contribution is -2.61. The van der Waals surface area contributed by atoms with Crippen molar-refractivity contribution in [3.63, 3.8) is 0 Å². The van der Waals surface area contributed by atoms with E-state index in [1.807, 2.05) is 46.7 Å². The van der Waals surface area contributed by atoms with Gasteiger partial charge in [0, 0.05) is 31.3 Å². The van der Waals surface area contributed by atoms with E-state index in [0.29, 0.717) is 42.9 Å². The first kappa shape index (κ1) is 32.3. The van der Waals surface area contributed by atoms with Gasteiger partial charge in [-0.05, 0) is 63.0 Å². The Morgan fingerprint density at radius 3 is 2.56 bits per heavy atom. The number of carbonyl (C=O) groups excluding carboxylic acids is 4. The zero-order valence-electron chi connectivity index (χ0n) is 26.5. The number of amides is 4. The summed E-state index contributed by atoms with van der Waals surface area (Å²) in [5.74, 6) is -0.137. The van der Waals surface area contributed by atoms with Crippen LogP contribution < -0.4 is 20.1 Å². The van der Waals surface area contributed by atoms with E-state index < -0.39 is 30.3 Å². The monoisotopic (exact) mass is 597 g/mol. The zero-order valence-corrected chi connectivity index (χ0v) is 26.5. The first-order valence-electron chi connectivity index (χ1n) is 15.4. The molecule has 1 aromatic rings. The van der Waals surface area contributed by atoms with Crippen molar-refractivity contribution in [1.82, 2.24) is 25.3 Å². The maximum Gasteiger partial charge on any atom is 0.249 e. The first-order chi connectivity index (χ1) is 20.5. The van der Waals surface area contributed by atoms with Gasteiger partial charge in [0.05, 0.1) is 13.2 Å². The van der Waals surface area contributed by atoms with E-state index in [1.54, 1.807) is 47.4 Å². The van der Waals surface area contributed by atoms with Crippen LogP contribution in [-0.2, 0) is 19.2 Å². The standard InChI is InChI=1S/C32H47N5O6/c1-8-20(4)27(35(5)6)30(39)34-26(19(2)3)31(40)37-17-14-25-28(37)32(41)36-16-9-10-23(36)29(38)33-15-13-21-18-22(43-25)11-12-24(21)42-7/h11-13,15,18-20,23,25-28H,8-10,14,16-17H2,1-7H3,(H,33,38)(H,34,39)/b15-13-/t20-,23-,25-,26-,27+,28-/m0/s1. The molecule has 2 bridgehead atoms. The van der Waals surface area contributed by atoms with Gasteiger partial charge in [-0.25, -0.2) is 0 Å². The molecule has 11 heteroatoms. The van der Waals surface area contributed by atoms with Crippen LogP contribution in [0.2, 0.25) is 0 Å². The molecule has 3 heterocycles. The highest BCUT2D eigenvalue weighted by molar-refractivity contribution is 5.96. The summed E-state index contributed by atoms with van der Waals surface area (Å²) in [5.41, 5.74) is 0.705. The molecule has 4 rings (SSSR count). The summed E-state index contributed by atoms with van der Waals surface area (Å²) in [6, 6.07) is 2.50. The number of carbonyl (C=O) groups is 4. The smallest absolute Gasteiger partial charge is 0.249 e. The molecule has 1 aromatic carbocycles. The van der Waals surface area contributed by atoms with Crippen LogP contribution in [0.3, 0.4) is 0 Å². The van der Waals surface area contributed by atoms with Crippen molar-refractivity contribution in [2.75, 3.05) is 34.3 Å². The number of hydrogen-bond donors (Lipinski definition) is 2. The molecule has 11 nitrogen and oxygen atoms in total. The number of methoxy groups -OCH3 is 1. The zero-order chi connectivity index (χ0) is 31.4. The summed E-state index contributed by atoms with van der Waals surface area (Å²) in [6.07, 6.45) is 5.10. The number of ether oxygens (including phenoxy) is 2. The van der Waals surface area contributed by atoms with Gasteiger partial charge >= 0.3 is 0 Å². The van der Waals surface area contributed by atoms with E-state index in [4.69, 9.17) is 9.47 Å². The van der Waals surface area contributed by atoms with E-state index in [0.717, 1.165) is 6.42 Å². The van der Waals surface area contributed by atoms with E-state index in [9.17, 15) is 19.2 Å². The fourth-order valence-corrected chi connectivity index (χ4v) is 6.46. The lowest BCUT2D eigenvalue weighted by atomic mass is 9.95. The predicted octanol–water partition coefficient (Wildman–Crippen LogP) is 2.25. The van der Waals surface area contributed by atoms with Crippen LogP contribution in [0.1, 0.15) is 58.9 Å². The quantitative estimate of drug-likeness (QED) is 0.472. The van der Waals surface area contributed by atoms with Crippen LogP contribution in [0.5, 0.6) is 11.5 Å². The van der Waals surface area contributed by atoms with Crippen LogP contribution >= 0.6 is 0 Å². The number of likely N-dealkylation sites (tertiary alicyclic amines) is 1. The maximum atomic E-state index is 14.3. The summed E-state index contributed by atoms with van der Waals surface area (Å²) >= 11 is 0. The largest absolute Gasteiger partial charge is 0.496 e. The number of benzene rings is 1. The minimum Gasteiger partial charge on any atom is -0.496 e. The Morgan fingerprint density at radius 1 is 1.16 bits per heavy atom. The molecule has 236 valence electrons. The number of nitrogens with zero attached hydrogens (tertiary/aromatic N) is 3. The Labute approximate surface area is 254 Å². The Balaban J connectivity index is 1.69. The summed E-state index contributed by atoms with van der Waals surface area (Å²) in [7, 11) is 5.29. The molecule has 6 atom stereocenters. The summed E-state index contributed by atoms with van der Waals surface area (Å²) < 4.78 is 11.9. The van der Waals surface area contributed by atoms with Gasteiger partial charge < -0.3 is 29.9 Å². The molecule has 0 aliphatic carbocycles. The van der Waals surface area contributed by atoms with Gasteiger partial charge in [0.25, 0.3) is 0 Å². The van der Waals surface area contributed by atoms with Gasteiger partial charge in [-0.2, -0.15) is 0 Å². The fraction of sp³-hybridized carbons (Fsp3) is 0.625. The third-order valence-electron chi connectivity index (χ3n) is 8.93. The van der Waals surface area contributed by atoms with E-state index in [-0.39, 0.29) is 42.0 Å². The average Bonchev–Trinajstić information content (AvgIpc) is 3.62.